The van der Waals surface area contributed by atoms with Gasteiger partial charge in [-0.2, -0.15) is 0 Å². The van der Waals surface area contributed by atoms with Crippen molar-refractivity contribution < 1.29 is 9.90 Å². The first-order valence-electron chi connectivity index (χ1n) is 3.49. The van der Waals surface area contributed by atoms with Crippen molar-refractivity contribution in [3.05, 3.63) is 29.2 Å². The van der Waals surface area contributed by atoms with Crippen LogP contribution in [0.15, 0.2) is 29.2 Å². The largest absolute Gasteiger partial charge is 0.498 e. The van der Waals surface area contributed by atoms with Crippen LogP contribution < -0.4 is 0 Å². The normalized spacial score (nSPS) is 24.2. The number of ketones is 1. The van der Waals surface area contributed by atoms with Crippen LogP contribution in [0.4, 0.5) is 0 Å². The number of rotatable bonds is 0. The van der Waals surface area contributed by atoms with Crippen LogP contribution in [0.2, 0.25) is 0 Å². The van der Waals surface area contributed by atoms with Gasteiger partial charge in [-0.3, -0.25) is 4.79 Å². The van der Waals surface area contributed by atoms with Gasteiger partial charge in [0, 0.05) is 5.92 Å². The maximum atomic E-state index is 10.9. The van der Waals surface area contributed by atoms with E-state index in [-0.39, 0.29) is 17.5 Å². The molecule has 58 valence electrons. The minimum absolute atomic E-state index is 0.184. The van der Waals surface area contributed by atoms with Crippen LogP contribution in [-0.2, 0) is 4.79 Å². The number of allylic oxidation sites excluding steroid dienone is 2. The molecule has 11 heavy (non-hydrogen) atoms. The van der Waals surface area contributed by atoms with E-state index in [1.807, 2.05) is 13.8 Å². The van der Waals surface area contributed by atoms with Crippen LogP contribution in [-0.4, -0.2) is 10.9 Å². The van der Waals surface area contributed by atoms with E-state index in [4.69, 9.17) is 5.11 Å². The molecule has 1 rings (SSSR count). The third-order valence-corrected chi connectivity index (χ3v) is 1.78. The Morgan fingerprint density at radius 1 is 1.64 bits per heavy atom. The molecule has 0 aromatic carbocycles. The van der Waals surface area contributed by atoms with Gasteiger partial charge in [0.2, 0.25) is 11.5 Å². The molecule has 0 aliphatic heterocycles. The summed E-state index contributed by atoms with van der Waals surface area (Å²) < 4.78 is 0. The molecule has 0 fully saturated rings. The number of aliphatic hydroxyl groups is 1. The van der Waals surface area contributed by atoms with Crippen LogP contribution in [0, 0.1) is 5.92 Å². The first-order valence-corrected chi connectivity index (χ1v) is 3.49. The lowest BCUT2D eigenvalue weighted by molar-refractivity contribution is -0.113. The average Bonchev–Trinajstić information content (AvgIpc) is 2.05. The molecule has 1 N–H and O–H groups in total. The molecule has 1 aliphatic rings. The predicted octanol–water partition coefficient (Wildman–Crippen LogP) is 1.75. The molecule has 0 bridgehead atoms. The predicted molar refractivity (Wildman–Crippen MR) is 42.2 cm³/mol. The number of carbonyl (C=O) groups is 1. The summed E-state index contributed by atoms with van der Waals surface area (Å²) in [5.41, 5.74) is 3.47. The van der Waals surface area contributed by atoms with Crippen molar-refractivity contribution >= 4 is 5.78 Å². The second-order valence-electron chi connectivity index (χ2n) is 2.70. The number of hydrogen-bond donors (Lipinski definition) is 1. The minimum atomic E-state index is -0.358. The second kappa shape index (κ2) is 2.77. The summed E-state index contributed by atoms with van der Waals surface area (Å²) in [6, 6.07) is 0. The van der Waals surface area contributed by atoms with Gasteiger partial charge in [0.15, 0.2) is 0 Å². The van der Waals surface area contributed by atoms with E-state index in [9.17, 15) is 4.79 Å². The maximum absolute atomic E-state index is 10.9. The quantitative estimate of drug-likeness (QED) is 0.534. The number of aliphatic hydroxyl groups excluding tert-OH is 1. The monoisotopic (exact) mass is 150 g/mol. The Hall–Kier alpha value is -1.27. The highest BCUT2D eigenvalue weighted by Crippen LogP contribution is 2.14. The molecule has 0 saturated heterocycles. The molecule has 2 nitrogen and oxygen atoms in total. The van der Waals surface area contributed by atoms with E-state index in [0.717, 1.165) is 5.57 Å². The highest BCUT2D eigenvalue weighted by molar-refractivity contribution is 6.02. The Morgan fingerprint density at radius 2 is 2.27 bits per heavy atom. The van der Waals surface area contributed by atoms with Crippen LogP contribution in [0.1, 0.15) is 13.8 Å². The van der Waals surface area contributed by atoms with Gasteiger partial charge >= 0.3 is 0 Å². The van der Waals surface area contributed by atoms with Gasteiger partial charge < -0.3 is 5.11 Å². The van der Waals surface area contributed by atoms with Crippen molar-refractivity contribution in [1.82, 2.24) is 0 Å². The summed E-state index contributed by atoms with van der Waals surface area (Å²) in [4.78, 5) is 10.9. The molecule has 0 amide bonds. The minimum Gasteiger partial charge on any atom is -0.498 e. The molecule has 2 heteroatoms. The van der Waals surface area contributed by atoms with E-state index in [1.54, 1.807) is 6.08 Å². The Kier molecular flexibility index (Phi) is 1.97. The van der Waals surface area contributed by atoms with E-state index in [1.165, 1.54) is 6.08 Å². The van der Waals surface area contributed by atoms with E-state index in [2.05, 4.69) is 5.73 Å². The van der Waals surface area contributed by atoms with Crippen LogP contribution in [0.25, 0.3) is 0 Å². The summed E-state index contributed by atoms with van der Waals surface area (Å²) in [5.74, 6) is -0.472. The molecule has 0 heterocycles. The molecule has 0 aromatic rings. The first-order chi connectivity index (χ1) is 5.11. The van der Waals surface area contributed by atoms with Crippen LogP contribution in [0.3, 0.4) is 0 Å². The zero-order valence-electron chi connectivity index (χ0n) is 6.59. The molecule has 0 radical (unpaired) electrons. The Morgan fingerprint density at radius 3 is 2.91 bits per heavy atom. The average molecular weight is 150 g/mol. The zero-order valence-corrected chi connectivity index (χ0v) is 6.59. The summed E-state index contributed by atoms with van der Waals surface area (Å²) in [7, 11) is 0. The van der Waals surface area contributed by atoms with Crippen molar-refractivity contribution in [3.8, 4) is 0 Å². The summed E-state index contributed by atoms with van der Waals surface area (Å²) in [5, 5.41) is 8.97. The highest BCUT2D eigenvalue weighted by atomic mass is 16.3. The summed E-state index contributed by atoms with van der Waals surface area (Å²) in [6.45, 7) is 3.81. The van der Waals surface area contributed by atoms with Crippen LogP contribution >= 0.6 is 0 Å². The van der Waals surface area contributed by atoms with E-state index >= 15 is 0 Å². The molecule has 1 atom stereocenters. The third kappa shape index (κ3) is 1.60. The van der Waals surface area contributed by atoms with Crippen molar-refractivity contribution in [2.45, 2.75) is 13.8 Å². The van der Waals surface area contributed by atoms with Crippen LogP contribution in [0.5, 0.6) is 0 Å². The van der Waals surface area contributed by atoms with Crippen molar-refractivity contribution in [2.24, 2.45) is 5.92 Å². The second-order valence-corrected chi connectivity index (χ2v) is 2.70. The van der Waals surface area contributed by atoms with Gasteiger partial charge in [0.05, 0.1) is 0 Å². The molecule has 0 spiro atoms. The Balaban J connectivity index is 3.11. The molecule has 1 aliphatic carbocycles. The van der Waals surface area contributed by atoms with Gasteiger partial charge in [-0.1, -0.05) is 18.2 Å². The summed E-state index contributed by atoms with van der Waals surface area (Å²) in [6.07, 6.45) is 3.13. The smallest absolute Gasteiger partial charge is 0.228 e. The van der Waals surface area contributed by atoms with Gasteiger partial charge in [-0.25, -0.2) is 0 Å². The lowest BCUT2D eigenvalue weighted by Gasteiger charge is -2.01. The highest BCUT2D eigenvalue weighted by Gasteiger charge is 2.10. The third-order valence-electron chi connectivity index (χ3n) is 1.78. The first kappa shape index (κ1) is 7.83. The fourth-order valence-corrected chi connectivity index (χ4v) is 0.813. The van der Waals surface area contributed by atoms with E-state index < -0.39 is 0 Å². The molecule has 1 unspecified atom stereocenters. The van der Waals surface area contributed by atoms with Gasteiger partial charge in [0.1, 0.15) is 0 Å². The lowest BCUT2D eigenvalue weighted by atomic mass is 10.0. The standard InChI is InChI=1S/C9H10O2/c1-6-3-4-8(10)9(11)5-7(6)2/h3,5-6,10H,1-2H3. The Bertz CT molecular complexity index is 278. The molecular weight excluding hydrogens is 140 g/mol. The van der Waals surface area contributed by atoms with Crippen molar-refractivity contribution in [3.63, 3.8) is 0 Å². The lowest BCUT2D eigenvalue weighted by Crippen LogP contribution is -1.97. The van der Waals surface area contributed by atoms with Gasteiger partial charge in [-0.15, -0.1) is 0 Å². The number of hydrogen-bond acceptors (Lipinski definition) is 2. The van der Waals surface area contributed by atoms with Crippen molar-refractivity contribution in [2.75, 3.05) is 0 Å². The Labute approximate surface area is 65.5 Å². The number of carbonyl (C=O) groups excluding carboxylic acids is 1. The topological polar surface area (TPSA) is 37.3 Å². The van der Waals surface area contributed by atoms with Gasteiger partial charge in [-0.05, 0) is 19.1 Å². The maximum Gasteiger partial charge on any atom is 0.228 e. The molecule has 0 saturated carbocycles. The molecular formula is C9H10O2. The van der Waals surface area contributed by atoms with Crippen molar-refractivity contribution in [1.29, 1.82) is 0 Å². The van der Waals surface area contributed by atoms with Gasteiger partial charge in [0.25, 0.3) is 0 Å². The molecule has 0 aromatic heterocycles. The van der Waals surface area contributed by atoms with E-state index in [0.29, 0.717) is 0 Å². The SMILES string of the molecule is CC1=CC(=O)C(O)=C=CC1C. The fraction of sp³-hybridized carbons (Fsp3) is 0.333. The summed E-state index contributed by atoms with van der Waals surface area (Å²) >= 11 is 0. The fourth-order valence-electron chi connectivity index (χ4n) is 0.813. The zero-order chi connectivity index (χ0) is 8.43.